The van der Waals surface area contributed by atoms with E-state index in [2.05, 4.69) is 16.0 Å². The van der Waals surface area contributed by atoms with Gasteiger partial charge in [-0.2, -0.15) is 0 Å². The van der Waals surface area contributed by atoms with Crippen molar-refractivity contribution in [3.05, 3.63) is 51.9 Å². The third kappa shape index (κ3) is 5.87. The lowest BCUT2D eigenvalue weighted by Crippen LogP contribution is -2.38. The Morgan fingerprint density at radius 3 is 2.78 bits per heavy atom. The van der Waals surface area contributed by atoms with Crippen LogP contribution in [0.1, 0.15) is 51.2 Å². The highest BCUT2D eigenvalue weighted by Crippen LogP contribution is 2.28. The third-order valence-electron chi connectivity index (χ3n) is 6.73. The Morgan fingerprint density at radius 1 is 1.31 bits per heavy atom. The summed E-state index contributed by atoms with van der Waals surface area (Å²) in [5.41, 5.74) is 4.63. The molecule has 1 aromatic carbocycles. The van der Waals surface area contributed by atoms with E-state index >= 15 is 0 Å². The van der Waals surface area contributed by atoms with Gasteiger partial charge >= 0.3 is 5.97 Å². The van der Waals surface area contributed by atoms with Crippen LogP contribution >= 0.6 is 0 Å². The Kier molecular flexibility index (Phi) is 8.26. The Labute approximate surface area is 212 Å². The average molecular weight is 495 g/mol. The number of fused-ring (bicyclic) bond motifs is 1. The quantitative estimate of drug-likeness (QED) is 0.453. The van der Waals surface area contributed by atoms with Crippen molar-refractivity contribution in [2.24, 2.45) is 13.0 Å². The van der Waals surface area contributed by atoms with Gasteiger partial charge in [0.2, 0.25) is 0 Å². The van der Waals surface area contributed by atoms with Crippen LogP contribution in [0.4, 0.5) is 0 Å². The number of aryl methyl sites for hydroxylation is 2. The number of ether oxygens (including phenoxy) is 2. The molecule has 0 spiro atoms. The highest BCUT2D eigenvalue weighted by atomic mass is 16.5. The van der Waals surface area contributed by atoms with Crippen molar-refractivity contribution < 1.29 is 14.3 Å². The van der Waals surface area contributed by atoms with E-state index in [1.54, 1.807) is 11.6 Å². The molecule has 194 valence electrons. The van der Waals surface area contributed by atoms with Crippen LogP contribution in [0, 0.1) is 12.8 Å². The molecular weight excluding hydrogens is 456 g/mol. The summed E-state index contributed by atoms with van der Waals surface area (Å²) in [6.07, 6.45) is 4.55. The molecule has 0 aliphatic carbocycles. The molecular formula is C28H38N4O4. The topological polar surface area (TPSA) is 87.4 Å². The van der Waals surface area contributed by atoms with E-state index in [-0.39, 0.29) is 23.7 Å². The van der Waals surface area contributed by atoms with Gasteiger partial charge in [-0.15, -0.1) is 0 Å². The molecule has 36 heavy (non-hydrogen) atoms. The van der Waals surface area contributed by atoms with Crippen molar-refractivity contribution in [1.29, 1.82) is 0 Å². The molecule has 1 N–H and O–H groups in total. The summed E-state index contributed by atoms with van der Waals surface area (Å²) < 4.78 is 15.0. The molecule has 4 rings (SSSR count). The van der Waals surface area contributed by atoms with E-state index in [0.29, 0.717) is 24.4 Å². The number of nitrogens with zero attached hydrogens (tertiary/aromatic N) is 3. The van der Waals surface area contributed by atoms with Crippen LogP contribution in [0.3, 0.4) is 0 Å². The SMILES string of the molecule is CC[C@H](NCc1ccc2nc(-c3cc(C)c(=O)n(C)c3)n(CC3CCCOC3)c2c1)C(=O)OC(C)C. The van der Waals surface area contributed by atoms with Gasteiger partial charge in [-0.3, -0.25) is 9.59 Å². The van der Waals surface area contributed by atoms with E-state index in [4.69, 9.17) is 14.5 Å². The summed E-state index contributed by atoms with van der Waals surface area (Å²) in [6.45, 7) is 10.4. The molecule has 8 heteroatoms. The maximum absolute atomic E-state index is 12.4. The Bertz CT molecular complexity index is 1240. The number of hydrogen-bond donors (Lipinski definition) is 1. The molecule has 3 aromatic rings. The maximum atomic E-state index is 12.4. The molecule has 1 aliphatic rings. The predicted octanol–water partition coefficient (Wildman–Crippen LogP) is 3.96. The lowest BCUT2D eigenvalue weighted by molar-refractivity contribution is -0.150. The minimum absolute atomic E-state index is 0.00285. The summed E-state index contributed by atoms with van der Waals surface area (Å²) in [5.74, 6) is 1.04. The lowest BCUT2D eigenvalue weighted by Gasteiger charge is -2.24. The number of pyridine rings is 1. The second-order valence-corrected chi connectivity index (χ2v) is 10.1. The number of benzene rings is 1. The molecule has 0 bridgehead atoms. The minimum Gasteiger partial charge on any atom is -0.462 e. The van der Waals surface area contributed by atoms with Gasteiger partial charge in [-0.05, 0) is 63.8 Å². The predicted molar refractivity (Wildman–Crippen MR) is 141 cm³/mol. The second-order valence-electron chi connectivity index (χ2n) is 10.1. The highest BCUT2D eigenvalue weighted by Gasteiger charge is 2.22. The van der Waals surface area contributed by atoms with Crippen LogP contribution in [-0.4, -0.2) is 45.4 Å². The number of hydrogen-bond acceptors (Lipinski definition) is 6. The normalized spacial score (nSPS) is 17.0. The van der Waals surface area contributed by atoms with Gasteiger partial charge in [0.25, 0.3) is 5.56 Å². The van der Waals surface area contributed by atoms with Crippen molar-refractivity contribution in [2.45, 2.75) is 72.2 Å². The summed E-state index contributed by atoms with van der Waals surface area (Å²) in [6, 6.07) is 7.80. The second kappa shape index (κ2) is 11.4. The molecule has 1 unspecified atom stereocenters. The molecule has 0 saturated carbocycles. The first-order valence-electron chi connectivity index (χ1n) is 12.9. The molecule has 2 aromatic heterocycles. The summed E-state index contributed by atoms with van der Waals surface area (Å²) in [5, 5.41) is 3.35. The zero-order valence-electron chi connectivity index (χ0n) is 22.0. The average Bonchev–Trinajstić information content (AvgIpc) is 3.20. The third-order valence-corrected chi connectivity index (χ3v) is 6.73. The van der Waals surface area contributed by atoms with Crippen molar-refractivity contribution >= 4 is 17.0 Å². The van der Waals surface area contributed by atoms with Crippen molar-refractivity contribution in [2.75, 3.05) is 13.2 Å². The Hall–Kier alpha value is -2.97. The number of carbonyl (C=O) groups excluding carboxylic acids is 1. The van der Waals surface area contributed by atoms with Crippen LogP contribution in [0.15, 0.2) is 35.3 Å². The van der Waals surface area contributed by atoms with Gasteiger partial charge < -0.3 is 23.9 Å². The van der Waals surface area contributed by atoms with Gasteiger partial charge in [0.1, 0.15) is 11.9 Å². The Morgan fingerprint density at radius 2 is 2.11 bits per heavy atom. The number of carbonyl (C=O) groups is 1. The molecule has 2 atom stereocenters. The minimum atomic E-state index is -0.350. The number of imidazole rings is 1. The smallest absolute Gasteiger partial charge is 0.323 e. The zero-order valence-corrected chi connectivity index (χ0v) is 22.0. The standard InChI is InChI=1S/C28H38N4O4/c1-6-23(28(34)36-18(2)3)29-14-20-9-10-24-25(13-20)32(15-21-8-7-11-35-17-21)26(30-24)22-12-19(4)27(33)31(5)16-22/h9-10,12-13,16,18,21,23,29H,6-8,11,14-15,17H2,1-5H3/t21?,23-/m0/s1. The fourth-order valence-corrected chi connectivity index (χ4v) is 4.84. The Balaban J connectivity index is 1.68. The van der Waals surface area contributed by atoms with Gasteiger partial charge in [0.15, 0.2) is 0 Å². The summed E-state index contributed by atoms with van der Waals surface area (Å²) in [7, 11) is 1.78. The fraction of sp³-hybridized carbons (Fsp3) is 0.536. The molecule has 1 fully saturated rings. The number of rotatable bonds is 9. The van der Waals surface area contributed by atoms with Crippen LogP contribution in [0.5, 0.6) is 0 Å². The number of esters is 1. The maximum Gasteiger partial charge on any atom is 0.323 e. The first-order valence-corrected chi connectivity index (χ1v) is 12.9. The van der Waals surface area contributed by atoms with Gasteiger partial charge in [0.05, 0.1) is 23.7 Å². The van der Waals surface area contributed by atoms with Gasteiger partial charge in [-0.25, -0.2) is 4.98 Å². The highest BCUT2D eigenvalue weighted by molar-refractivity contribution is 5.81. The van der Waals surface area contributed by atoms with Crippen LogP contribution in [-0.2, 0) is 34.4 Å². The molecule has 1 saturated heterocycles. The summed E-state index contributed by atoms with van der Waals surface area (Å²) >= 11 is 0. The van der Waals surface area contributed by atoms with E-state index in [9.17, 15) is 9.59 Å². The zero-order chi connectivity index (χ0) is 25.8. The molecule has 1 aliphatic heterocycles. The fourth-order valence-electron chi connectivity index (χ4n) is 4.84. The van der Waals surface area contributed by atoms with Gasteiger partial charge in [-0.1, -0.05) is 13.0 Å². The first-order chi connectivity index (χ1) is 17.3. The van der Waals surface area contributed by atoms with Gasteiger partial charge in [0, 0.05) is 50.0 Å². The summed E-state index contributed by atoms with van der Waals surface area (Å²) in [4.78, 5) is 29.7. The van der Waals surface area contributed by atoms with Crippen molar-refractivity contribution in [3.63, 3.8) is 0 Å². The van der Waals surface area contributed by atoms with E-state index < -0.39 is 0 Å². The lowest BCUT2D eigenvalue weighted by atomic mass is 10.0. The molecule has 0 amide bonds. The number of aromatic nitrogens is 3. The van der Waals surface area contributed by atoms with Crippen molar-refractivity contribution in [1.82, 2.24) is 19.4 Å². The molecule has 8 nitrogen and oxygen atoms in total. The van der Waals surface area contributed by atoms with Crippen LogP contribution in [0.25, 0.3) is 22.4 Å². The monoisotopic (exact) mass is 494 g/mol. The van der Waals surface area contributed by atoms with Crippen LogP contribution in [0.2, 0.25) is 0 Å². The molecule has 0 radical (unpaired) electrons. The van der Waals surface area contributed by atoms with Crippen LogP contribution < -0.4 is 10.9 Å². The van der Waals surface area contributed by atoms with E-state index in [1.807, 2.05) is 52.1 Å². The van der Waals surface area contributed by atoms with E-state index in [1.165, 1.54) is 0 Å². The first kappa shape index (κ1) is 26.1. The van der Waals surface area contributed by atoms with E-state index in [0.717, 1.165) is 60.6 Å². The molecule has 3 heterocycles. The number of nitrogens with one attached hydrogen (secondary N) is 1. The largest absolute Gasteiger partial charge is 0.462 e. The van der Waals surface area contributed by atoms with Crippen molar-refractivity contribution in [3.8, 4) is 11.4 Å².